The first-order chi connectivity index (χ1) is 9.67. The predicted molar refractivity (Wildman–Crippen MR) is 77.9 cm³/mol. The van der Waals surface area contributed by atoms with Crippen LogP contribution in [0, 0.1) is 5.92 Å². The van der Waals surface area contributed by atoms with E-state index < -0.39 is 5.97 Å². The molecule has 110 valence electrons. The zero-order chi connectivity index (χ0) is 14.4. The zero-order valence-electron chi connectivity index (χ0n) is 12.0. The number of nitrogens with zero attached hydrogens (tertiary/aromatic N) is 1. The molecule has 0 spiro atoms. The largest absolute Gasteiger partial charge is 0.497 e. The van der Waals surface area contributed by atoms with E-state index in [2.05, 4.69) is 17.0 Å². The van der Waals surface area contributed by atoms with Gasteiger partial charge in [-0.3, -0.25) is 9.69 Å². The summed E-state index contributed by atoms with van der Waals surface area (Å²) < 4.78 is 5.16. The van der Waals surface area contributed by atoms with Crippen molar-refractivity contribution in [3.05, 3.63) is 29.8 Å². The molecule has 4 heteroatoms. The van der Waals surface area contributed by atoms with E-state index in [9.17, 15) is 4.79 Å². The molecular weight excluding hydrogens is 254 g/mol. The minimum atomic E-state index is -0.683. The normalized spacial score (nSPS) is 19.8. The minimum absolute atomic E-state index is 0.293. The highest BCUT2D eigenvalue weighted by Crippen LogP contribution is 2.23. The van der Waals surface area contributed by atoms with E-state index in [4.69, 9.17) is 9.84 Å². The van der Waals surface area contributed by atoms with Gasteiger partial charge < -0.3 is 9.84 Å². The summed E-state index contributed by atoms with van der Waals surface area (Å²) in [6.45, 7) is 3.06. The molecule has 1 aromatic rings. The van der Waals surface area contributed by atoms with Crippen LogP contribution in [0.3, 0.4) is 0 Å². The Bertz CT molecular complexity index is 430. The molecule has 1 atom stereocenters. The Morgan fingerprint density at radius 2 is 2.15 bits per heavy atom. The maximum atomic E-state index is 10.6. The van der Waals surface area contributed by atoms with Crippen LogP contribution < -0.4 is 4.74 Å². The molecule has 0 bridgehead atoms. The number of hydrogen-bond acceptors (Lipinski definition) is 3. The van der Waals surface area contributed by atoms with Crippen molar-refractivity contribution < 1.29 is 14.6 Å². The molecule has 4 nitrogen and oxygen atoms in total. The maximum absolute atomic E-state index is 10.6. The molecule has 1 heterocycles. The SMILES string of the molecule is COc1ccc(CN2CCCC(CCC(=O)O)C2)cc1. The quantitative estimate of drug-likeness (QED) is 0.868. The summed E-state index contributed by atoms with van der Waals surface area (Å²) in [5, 5.41) is 8.77. The molecule has 0 aromatic heterocycles. The highest BCUT2D eigenvalue weighted by Gasteiger charge is 2.20. The molecule has 1 N–H and O–H groups in total. The molecule has 2 rings (SSSR count). The number of likely N-dealkylation sites (tertiary alicyclic amines) is 1. The Kier molecular flexibility index (Phi) is 5.41. The van der Waals surface area contributed by atoms with Crippen molar-refractivity contribution in [2.75, 3.05) is 20.2 Å². The van der Waals surface area contributed by atoms with Gasteiger partial charge in [-0.2, -0.15) is 0 Å². The van der Waals surface area contributed by atoms with E-state index in [0.29, 0.717) is 12.3 Å². The maximum Gasteiger partial charge on any atom is 0.303 e. The third-order valence-electron chi connectivity index (χ3n) is 3.93. The Labute approximate surface area is 120 Å². The Balaban J connectivity index is 1.83. The lowest BCUT2D eigenvalue weighted by molar-refractivity contribution is -0.137. The predicted octanol–water partition coefficient (Wildman–Crippen LogP) is 2.77. The lowest BCUT2D eigenvalue weighted by Gasteiger charge is -2.32. The zero-order valence-corrected chi connectivity index (χ0v) is 12.0. The standard InChI is InChI=1S/C16H23NO3/c1-20-15-7-4-14(5-8-15)12-17-10-2-3-13(11-17)6-9-16(18)19/h4-5,7-8,13H,2-3,6,9-12H2,1H3,(H,18,19). The number of aliphatic carboxylic acids is 1. The van der Waals surface area contributed by atoms with E-state index in [1.807, 2.05) is 12.1 Å². The Morgan fingerprint density at radius 1 is 1.40 bits per heavy atom. The lowest BCUT2D eigenvalue weighted by Crippen LogP contribution is -2.35. The van der Waals surface area contributed by atoms with Gasteiger partial charge >= 0.3 is 5.97 Å². The topological polar surface area (TPSA) is 49.8 Å². The summed E-state index contributed by atoms with van der Waals surface area (Å²) in [7, 11) is 1.67. The number of ether oxygens (including phenoxy) is 1. The Hall–Kier alpha value is -1.55. The average Bonchev–Trinajstić information content (AvgIpc) is 2.46. The van der Waals surface area contributed by atoms with Crippen LogP contribution in [0.25, 0.3) is 0 Å². The van der Waals surface area contributed by atoms with Crippen LogP contribution >= 0.6 is 0 Å². The molecule has 1 aliphatic heterocycles. The number of methoxy groups -OCH3 is 1. The van der Waals surface area contributed by atoms with Crippen LogP contribution in [-0.2, 0) is 11.3 Å². The van der Waals surface area contributed by atoms with Crippen LogP contribution in [0.1, 0.15) is 31.2 Å². The van der Waals surface area contributed by atoms with Gasteiger partial charge in [0.05, 0.1) is 7.11 Å². The number of carbonyl (C=O) groups is 1. The number of piperidine rings is 1. The molecule has 1 aliphatic rings. The molecule has 0 aliphatic carbocycles. The van der Waals surface area contributed by atoms with Crippen molar-refractivity contribution in [1.82, 2.24) is 4.90 Å². The summed E-state index contributed by atoms with van der Waals surface area (Å²) in [5.41, 5.74) is 1.28. The van der Waals surface area contributed by atoms with Crippen LogP contribution in [0.15, 0.2) is 24.3 Å². The number of carboxylic acids is 1. The molecule has 1 aromatic carbocycles. The molecular formula is C16H23NO3. The molecule has 1 unspecified atom stereocenters. The second kappa shape index (κ2) is 7.29. The van der Waals surface area contributed by atoms with Gasteiger partial charge in [-0.05, 0) is 49.4 Å². The molecule has 0 amide bonds. The average molecular weight is 277 g/mol. The summed E-state index contributed by atoms with van der Waals surface area (Å²) in [6.07, 6.45) is 3.42. The number of hydrogen-bond donors (Lipinski definition) is 1. The first kappa shape index (κ1) is 14.9. The van der Waals surface area contributed by atoms with E-state index >= 15 is 0 Å². The van der Waals surface area contributed by atoms with Crippen molar-refractivity contribution in [1.29, 1.82) is 0 Å². The highest BCUT2D eigenvalue weighted by molar-refractivity contribution is 5.66. The fourth-order valence-corrected chi connectivity index (χ4v) is 2.85. The third kappa shape index (κ3) is 4.53. The van der Waals surface area contributed by atoms with Gasteiger partial charge in [0.2, 0.25) is 0 Å². The second-order valence-corrected chi connectivity index (χ2v) is 5.52. The third-order valence-corrected chi connectivity index (χ3v) is 3.93. The van der Waals surface area contributed by atoms with Gasteiger partial charge in [-0.15, -0.1) is 0 Å². The second-order valence-electron chi connectivity index (χ2n) is 5.52. The van der Waals surface area contributed by atoms with Crippen LogP contribution in [0.2, 0.25) is 0 Å². The van der Waals surface area contributed by atoms with Gasteiger partial charge in [0, 0.05) is 19.5 Å². The van der Waals surface area contributed by atoms with E-state index in [1.54, 1.807) is 7.11 Å². The summed E-state index contributed by atoms with van der Waals surface area (Å²) >= 11 is 0. The van der Waals surface area contributed by atoms with Crippen molar-refractivity contribution in [2.24, 2.45) is 5.92 Å². The van der Waals surface area contributed by atoms with Crippen molar-refractivity contribution >= 4 is 5.97 Å². The Morgan fingerprint density at radius 3 is 2.80 bits per heavy atom. The van der Waals surface area contributed by atoms with E-state index in [-0.39, 0.29) is 0 Å². The molecule has 1 fully saturated rings. The van der Waals surface area contributed by atoms with Crippen molar-refractivity contribution in [2.45, 2.75) is 32.2 Å². The fourth-order valence-electron chi connectivity index (χ4n) is 2.85. The molecule has 0 radical (unpaired) electrons. The molecule has 1 saturated heterocycles. The van der Waals surface area contributed by atoms with Gasteiger partial charge in [0.1, 0.15) is 5.75 Å². The monoisotopic (exact) mass is 277 g/mol. The van der Waals surface area contributed by atoms with Gasteiger partial charge in [0.25, 0.3) is 0 Å². The number of benzene rings is 1. The van der Waals surface area contributed by atoms with Gasteiger partial charge in [-0.1, -0.05) is 12.1 Å². The van der Waals surface area contributed by atoms with Gasteiger partial charge in [0.15, 0.2) is 0 Å². The lowest BCUT2D eigenvalue weighted by atomic mass is 9.93. The number of carboxylic acid groups (broad SMARTS) is 1. The van der Waals surface area contributed by atoms with Crippen LogP contribution in [0.4, 0.5) is 0 Å². The van der Waals surface area contributed by atoms with E-state index in [0.717, 1.165) is 38.2 Å². The first-order valence-electron chi connectivity index (χ1n) is 7.24. The smallest absolute Gasteiger partial charge is 0.303 e. The summed E-state index contributed by atoms with van der Waals surface area (Å²) in [4.78, 5) is 13.1. The van der Waals surface area contributed by atoms with Crippen LogP contribution in [-0.4, -0.2) is 36.2 Å². The van der Waals surface area contributed by atoms with Gasteiger partial charge in [-0.25, -0.2) is 0 Å². The van der Waals surface area contributed by atoms with E-state index in [1.165, 1.54) is 12.0 Å². The molecule has 0 saturated carbocycles. The number of rotatable bonds is 6. The summed E-state index contributed by atoms with van der Waals surface area (Å²) in [6, 6.07) is 8.17. The minimum Gasteiger partial charge on any atom is -0.497 e. The highest BCUT2D eigenvalue weighted by atomic mass is 16.5. The fraction of sp³-hybridized carbons (Fsp3) is 0.562. The van der Waals surface area contributed by atoms with Crippen molar-refractivity contribution in [3.63, 3.8) is 0 Å². The summed E-state index contributed by atoms with van der Waals surface area (Å²) in [5.74, 6) is 0.724. The molecule has 20 heavy (non-hydrogen) atoms. The van der Waals surface area contributed by atoms with Crippen LogP contribution in [0.5, 0.6) is 5.75 Å². The van der Waals surface area contributed by atoms with Crippen molar-refractivity contribution in [3.8, 4) is 5.75 Å². The first-order valence-corrected chi connectivity index (χ1v) is 7.24.